The van der Waals surface area contributed by atoms with E-state index < -0.39 is 5.79 Å². The third-order valence-corrected chi connectivity index (χ3v) is 2.60. The predicted octanol–water partition coefficient (Wildman–Crippen LogP) is 0.745. The van der Waals surface area contributed by atoms with Crippen molar-refractivity contribution in [2.75, 3.05) is 5.73 Å². The Morgan fingerprint density at radius 3 is 2.54 bits per heavy atom. The zero-order chi connectivity index (χ0) is 9.64. The molecule has 3 nitrogen and oxygen atoms in total. The van der Waals surface area contributed by atoms with Crippen molar-refractivity contribution >= 4 is 5.69 Å². The van der Waals surface area contributed by atoms with Crippen molar-refractivity contribution in [1.29, 1.82) is 0 Å². The van der Waals surface area contributed by atoms with Gasteiger partial charge in [0.15, 0.2) is 5.79 Å². The van der Waals surface area contributed by atoms with Gasteiger partial charge in [0.05, 0.1) is 0 Å². The standard InChI is InChI=1S/C10H13NO2/c1-6-4-7(2-3-9(6)11)8-5-10(8,12)13/h2-4,8,12-13H,5,11H2,1H3/t8-/m1/s1. The van der Waals surface area contributed by atoms with Gasteiger partial charge < -0.3 is 15.9 Å². The van der Waals surface area contributed by atoms with Gasteiger partial charge in [0.2, 0.25) is 0 Å². The van der Waals surface area contributed by atoms with Crippen molar-refractivity contribution in [3.05, 3.63) is 29.3 Å². The zero-order valence-electron chi connectivity index (χ0n) is 7.49. The first kappa shape index (κ1) is 8.53. The Hall–Kier alpha value is -1.06. The van der Waals surface area contributed by atoms with Crippen LogP contribution in [-0.4, -0.2) is 16.0 Å². The molecule has 0 aliphatic heterocycles. The molecular formula is C10H13NO2. The number of hydrogen-bond acceptors (Lipinski definition) is 3. The molecule has 4 N–H and O–H groups in total. The molecule has 13 heavy (non-hydrogen) atoms. The molecule has 0 heterocycles. The minimum Gasteiger partial charge on any atom is -0.399 e. The summed E-state index contributed by atoms with van der Waals surface area (Å²) in [5, 5.41) is 18.5. The molecule has 0 amide bonds. The highest BCUT2D eigenvalue weighted by Crippen LogP contribution is 2.49. The van der Waals surface area contributed by atoms with Crippen LogP contribution in [0, 0.1) is 6.92 Å². The van der Waals surface area contributed by atoms with E-state index in [0.717, 1.165) is 16.8 Å². The molecule has 1 aromatic rings. The van der Waals surface area contributed by atoms with Gasteiger partial charge in [-0.15, -0.1) is 0 Å². The summed E-state index contributed by atoms with van der Waals surface area (Å²) < 4.78 is 0. The number of benzene rings is 1. The van der Waals surface area contributed by atoms with Crippen molar-refractivity contribution in [2.24, 2.45) is 0 Å². The van der Waals surface area contributed by atoms with E-state index in [9.17, 15) is 10.2 Å². The van der Waals surface area contributed by atoms with E-state index in [-0.39, 0.29) is 5.92 Å². The quantitative estimate of drug-likeness (QED) is 0.440. The van der Waals surface area contributed by atoms with Gasteiger partial charge in [-0.25, -0.2) is 0 Å². The van der Waals surface area contributed by atoms with Crippen LogP contribution in [-0.2, 0) is 0 Å². The fraction of sp³-hybridized carbons (Fsp3) is 0.400. The van der Waals surface area contributed by atoms with Crippen molar-refractivity contribution in [3.8, 4) is 0 Å². The molecular weight excluding hydrogens is 166 g/mol. The van der Waals surface area contributed by atoms with E-state index in [0.29, 0.717) is 6.42 Å². The Balaban J connectivity index is 2.29. The van der Waals surface area contributed by atoms with Gasteiger partial charge in [0.25, 0.3) is 0 Å². The number of rotatable bonds is 1. The Morgan fingerprint density at radius 2 is 2.08 bits per heavy atom. The van der Waals surface area contributed by atoms with Crippen LogP contribution in [0.4, 0.5) is 5.69 Å². The fourth-order valence-electron chi connectivity index (χ4n) is 1.54. The van der Waals surface area contributed by atoms with Crippen LogP contribution in [0.25, 0.3) is 0 Å². The highest BCUT2D eigenvalue weighted by Gasteiger charge is 2.52. The van der Waals surface area contributed by atoms with E-state index in [1.54, 1.807) is 6.07 Å². The third kappa shape index (κ3) is 1.41. The third-order valence-electron chi connectivity index (χ3n) is 2.60. The van der Waals surface area contributed by atoms with Crippen LogP contribution in [0.15, 0.2) is 18.2 Å². The molecule has 2 rings (SSSR count). The molecule has 0 unspecified atom stereocenters. The fourth-order valence-corrected chi connectivity index (χ4v) is 1.54. The molecule has 1 fully saturated rings. The summed E-state index contributed by atoms with van der Waals surface area (Å²) >= 11 is 0. The molecule has 70 valence electrons. The molecule has 0 saturated heterocycles. The minimum atomic E-state index is -1.48. The maximum Gasteiger partial charge on any atom is 0.170 e. The number of aliphatic hydroxyl groups is 2. The summed E-state index contributed by atoms with van der Waals surface area (Å²) in [4.78, 5) is 0. The normalized spacial score (nSPS) is 24.4. The van der Waals surface area contributed by atoms with E-state index in [2.05, 4.69) is 0 Å². The first-order valence-corrected chi connectivity index (χ1v) is 4.31. The first-order chi connectivity index (χ1) is 6.00. The van der Waals surface area contributed by atoms with E-state index in [1.807, 2.05) is 19.1 Å². The number of nitrogen functional groups attached to an aromatic ring is 1. The van der Waals surface area contributed by atoms with Crippen LogP contribution in [0.5, 0.6) is 0 Å². The van der Waals surface area contributed by atoms with Crippen molar-refractivity contribution < 1.29 is 10.2 Å². The number of hydrogen-bond donors (Lipinski definition) is 3. The second-order valence-electron chi connectivity index (χ2n) is 3.75. The first-order valence-electron chi connectivity index (χ1n) is 4.31. The molecule has 1 aromatic carbocycles. The molecule has 0 spiro atoms. The number of aryl methyl sites for hydroxylation is 1. The SMILES string of the molecule is Cc1cc([C@H]2CC2(O)O)ccc1N. The largest absolute Gasteiger partial charge is 0.399 e. The van der Waals surface area contributed by atoms with Gasteiger partial charge in [-0.1, -0.05) is 12.1 Å². The van der Waals surface area contributed by atoms with Crippen LogP contribution >= 0.6 is 0 Å². The Bertz CT molecular complexity index is 347. The van der Waals surface area contributed by atoms with Gasteiger partial charge in [-0.05, 0) is 24.1 Å². The van der Waals surface area contributed by atoms with E-state index in [1.165, 1.54) is 0 Å². The molecule has 1 aliphatic carbocycles. The topological polar surface area (TPSA) is 66.5 Å². The second-order valence-corrected chi connectivity index (χ2v) is 3.75. The molecule has 1 saturated carbocycles. The zero-order valence-corrected chi connectivity index (χ0v) is 7.49. The summed E-state index contributed by atoms with van der Waals surface area (Å²) in [5.41, 5.74) is 8.33. The maximum absolute atomic E-state index is 9.23. The lowest BCUT2D eigenvalue weighted by Crippen LogP contribution is -2.07. The van der Waals surface area contributed by atoms with Gasteiger partial charge in [0.1, 0.15) is 0 Å². The maximum atomic E-state index is 9.23. The Morgan fingerprint density at radius 1 is 1.46 bits per heavy atom. The molecule has 3 heteroatoms. The van der Waals surface area contributed by atoms with Crippen LogP contribution in [0.3, 0.4) is 0 Å². The minimum absolute atomic E-state index is 0.133. The lowest BCUT2D eigenvalue weighted by Gasteiger charge is -2.05. The smallest absolute Gasteiger partial charge is 0.170 e. The molecule has 0 aromatic heterocycles. The molecule has 0 radical (unpaired) electrons. The summed E-state index contributed by atoms with van der Waals surface area (Å²) in [6.07, 6.45) is 0.427. The van der Waals surface area contributed by atoms with Gasteiger partial charge in [-0.2, -0.15) is 0 Å². The summed E-state index contributed by atoms with van der Waals surface area (Å²) in [6, 6.07) is 5.56. The van der Waals surface area contributed by atoms with Crippen molar-refractivity contribution in [3.63, 3.8) is 0 Å². The molecule has 1 atom stereocenters. The number of nitrogens with two attached hydrogens (primary N) is 1. The highest BCUT2D eigenvalue weighted by atomic mass is 16.5. The summed E-state index contributed by atoms with van der Waals surface area (Å²) in [5.74, 6) is -1.62. The monoisotopic (exact) mass is 179 g/mol. The highest BCUT2D eigenvalue weighted by molar-refractivity contribution is 5.49. The van der Waals surface area contributed by atoms with Crippen LogP contribution in [0.2, 0.25) is 0 Å². The summed E-state index contributed by atoms with van der Waals surface area (Å²) in [7, 11) is 0. The lowest BCUT2D eigenvalue weighted by molar-refractivity contribution is -0.0734. The van der Waals surface area contributed by atoms with Gasteiger partial charge in [-0.3, -0.25) is 0 Å². The summed E-state index contributed by atoms with van der Waals surface area (Å²) in [6.45, 7) is 1.91. The molecule has 0 bridgehead atoms. The average molecular weight is 179 g/mol. The second kappa shape index (κ2) is 2.47. The Labute approximate surface area is 76.8 Å². The van der Waals surface area contributed by atoms with E-state index >= 15 is 0 Å². The van der Waals surface area contributed by atoms with Crippen molar-refractivity contribution in [1.82, 2.24) is 0 Å². The van der Waals surface area contributed by atoms with E-state index in [4.69, 9.17) is 5.73 Å². The molecule has 1 aliphatic rings. The van der Waals surface area contributed by atoms with Crippen LogP contribution < -0.4 is 5.73 Å². The lowest BCUT2D eigenvalue weighted by atomic mass is 10.1. The van der Waals surface area contributed by atoms with Gasteiger partial charge in [0, 0.05) is 18.0 Å². The number of anilines is 1. The van der Waals surface area contributed by atoms with Crippen molar-refractivity contribution in [2.45, 2.75) is 25.0 Å². The van der Waals surface area contributed by atoms with Gasteiger partial charge >= 0.3 is 0 Å². The van der Waals surface area contributed by atoms with Crippen LogP contribution in [0.1, 0.15) is 23.5 Å². The predicted molar refractivity (Wildman–Crippen MR) is 50.1 cm³/mol. The average Bonchev–Trinajstić information content (AvgIpc) is 2.66. The Kier molecular flexibility index (Phi) is 1.62.